The average molecular weight is 344 g/mol. The average Bonchev–Trinajstić information content (AvgIpc) is 3.27. The Morgan fingerprint density at radius 3 is 2.04 bits per heavy atom. The molecule has 3 aliphatic rings. The standard InChI is InChI=1S/C20H25FN2O2/c21-17-7-5-16(6-8-17)20(9-10-20)19(25)23-13-11-22(12-14-23)18(24)15-3-1-2-4-15/h5-8,15H,1-4,9-14H2. The molecule has 0 atom stereocenters. The van der Waals surface area contributed by atoms with Gasteiger partial charge in [0.1, 0.15) is 5.82 Å². The van der Waals surface area contributed by atoms with Gasteiger partial charge in [0, 0.05) is 32.1 Å². The molecular weight excluding hydrogens is 319 g/mol. The maximum Gasteiger partial charge on any atom is 0.233 e. The molecule has 1 aliphatic heterocycles. The van der Waals surface area contributed by atoms with Crippen molar-refractivity contribution in [2.45, 2.75) is 43.9 Å². The van der Waals surface area contributed by atoms with E-state index < -0.39 is 5.41 Å². The number of carbonyl (C=O) groups excluding carboxylic acids is 2. The van der Waals surface area contributed by atoms with Gasteiger partial charge in [-0.05, 0) is 43.4 Å². The fraction of sp³-hybridized carbons (Fsp3) is 0.600. The number of hydrogen-bond donors (Lipinski definition) is 0. The molecule has 0 radical (unpaired) electrons. The first-order chi connectivity index (χ1) is 12.1. The first kappa shape index (κ1) is 16.6. The molecule has 0 N–H and O–H groups in total. The van der Waals surface area contributed by atoms with Crippen LogP contribution in [-0.2, 0) is 15.0 Å². The molecule has 0 bridgehead atoms. The van der Waals surface area contributed by atoms with Crippen molar-refractivity contribution in [1.82, 2.24) is 9.80 Å². The van der Waals surface area contributed by atoms with E-state index in [4.69, 9.17) is 0 Å². The van der Waals surface area contributed by atoms with Crippen molar-refractivity contribution in [3.05, 3.63) is 35.6 Å². The van der Waals surface area contributed by atoms with E-state index in [0.29, 0.717) is 26.2 Å². The van der Waals surface area contributed by atoms with Crippen LogP contribution in [0.3, 0.4) is 0 Å². The molecule has 4 rings (SSSR count). The molecule has 0 unspecified atom stereocenters. The number of rotatable bonds is 3. The van der Waals surface area contributed by atoms with Gasteiger partial charge in [-0.2, -0.15) is 0 Å². The summed E-state index contributed by atoms with van der Waals surface area (Å²) in [4.78, 5) is 29.4. The minimum absolute atomic E-state index is 0.145. The Balaban J connectivity index is 1.38. The molecule has 5 heteroatoms. The van der Waals surface area contributed by atoms with Crippen LogP contribution in [0.1, 0.15) is 44.1 Å². The molecule has 3 fully saturated rings. The summed E-state index contributed by atoms with van der Waals surface area (Å²) in [5.41, 5.74) is 0.467. The molecule has 1 saturated heterocycles. The maximum atomic E-state index is 13.2. The largest absolute Gasteiger partial charge is 0.339 e. The third-order valence-corrected chi connectivity index (χ3v) is 6.14. The van der Waals surface area contributed by atoms with Crippen LogP contribution in [-0.4, -0.2) is 47.8 Å². The van der Waals surface area contributed by atoms with Crippen LogP contribution in [0, 0.1) is 11.7 Å². The van der Waals surface area contributed by atoms with Gasteiger partial charge in [-0.1, -0.05) is 25.0 Å². The summed E-state index contributed by atoms with van der Waals surface area (Å²) in [6.45, 7) is 2.50. The second-order valence-electron chi connectivity index (χ2n) is 7.69. The Hall–Kier alpha value is -1.91. The van der Waals surface area contributed by atoms with Crippen LogP contribution in [0.25, 0.3) is 0 Å². The van der Waals surface area contributed by atoms with Gasteiger partial charge in [0.15, 0.2) is 0 Å². The summed E-state index contributed by atoms with van der Waals surface area (Å²) in [7, 11) is 0. The van der Waals surface area contributed by atoms with Gasteiger partial charge >= 0.3 is 0 Å². The number of halogens is 1. The topological polar surface area (TPSA) is 40.6 Å². The Morgan fingerprint density at radius 2 is 1.48 bits per heavy atom. The third kappa shape index (κ3) is 3.05. The van der Waals surface area contributed by atoms with Crippen LogP contribution in [0.4, 0.5) is 4.39 Å². The highest BCUT2D eigenvalue weighted by Crippen LogP contribution is 2.49. The van der Waals surface area contributed by atoms with E-state index >= 15 is 0 Å². The predicted molar refractivity (Wildman–Crippen MR) is 92.4 cm³/mol. The number of piperazine rings is 1. The van der Waals surface area contributed by atoms with E-state index in [1.807, 2.05) is 9.80 Å². The van der Waals surface area contributed by atoms with Crippen LogP contribution < -0.4 is 0 Å². The van der Waals surface area contributed by atoms with Gasteiger partial charge in [0.05, 0.1) is 5.41 Å². The van der Waals surface area contributed by atoms with E-state index in [9.17, 15) is 14.0 Å². The smallest absolute Gasteiger partial charge is 0.233 e. The van der Waals surface area contributed by atoms with Gasteiger partial charge in [-0.3, -0.25) is 9.59 Å². The number of amides is 2. The summed E-state index contributed by atoms with van der Waals surface area (Å²) >= 11 is 0. The molecule has 1 heterocycles. The monoisotopic (exact) mass is 344 g/mol. The van der Waals surface area contributed by atoms with E-state index in [0.717, 1.165) is 44.1 Å². The highest BCUT2D eigenvalue weighted by Gasteiger charge is 2.53. The van der Waals surface area contributed by atoms with E-state index in [1.165, 1.54) is 12.1 Å². The zero-order valence-corrected chi connectivity index (χ0v) is 14.5. The molecule has 25 heavy (non-hydrogen) atoms. The lowest BCUT2D eigenvalue weighted by atomic mass is 9.94. The summed E-state index contributed by atoms with van der Waals surface area (Å²) < 4.78 is 13.2. The molecule has 4 nitrogen and oxygen atoms in total. The van der Waals surface area contributed by atoms with E-state index in [2.05, 4.69) is 0 Å². The zero-order valence-electron chi connectivity index (χ0n) is 14.5. The molecule has 0 aromatic heterocycles. The van der Waals surface area contributed by atoms with Crippen LogP contribution >= 0.6 is 0 Å². The van der Waals surface area contributed by atoms with Crippen molar-refractivity contribution in [2.24, 2.45) is 5.92 Å². The minimum Gasteiger partial charge on any atom is -0.339 e. The Labute approximate surface area is 148 Å². The highest BCUT2D eigenvalue weighted by molar-refractivity contribution is 5.91. The number of nitrogens with zero attached hydrogens (tertiary/aromatic N) is 2. The van der Waals surface area contributed by atoms with Gasteiger partial charge in [0.2, 0.25) is 11.8 Å². The van der Waals surface area contributed by atoms with E-state index in [-0.39, 0.29) is 23.5 Å². The van der Waals surface area contributed by atoms with Crippen molar-refractivity contribution in [2.75, 3.05) is 26.2 Å². The molecule has 134 valence electrons. The summed E-state index contributed by atoms with van der Waals surface area (Å²) in [6, 6.07) is 6.34. The fourth-order valence-corrected chi connectivity index (χ4v) is 4.38. The second kappa shape index (κ2) is 6.43. The van der Waals surface area contributed by atoms with Gasteiger partial charge in [-0.15, -0.1) is 0 Å². The lowest BCUT2D eigenvalue weighted by Crippen LogP contribution is -2.53. The Kier molecular flexibility index (Phi) is 4.26. The van der Waals surface area contributed by atoms with Crippen molar-refractivity contribution < 1.29 is 14.0 Å². The third-order valence-electron chi connectivity index (χ3n) is 6.14. The predicted octanol–water partition coefficient (Wildman–Crippen LogP) is 2.72. The molecule has 2 amide bonds. The first-order valence-corrected chi connectivity index (χ1v) is 9.44. The van der Waals surface area contributed by atoms with Crippen LogP contribution in [0.5, 0.6) is 0 Å². The Bertz CT molecular complexity index is 655. The van der Waals surface area contributed by atoms with Crippen molar-refractivity contribution >= 4 is 11.8 Å². The van der Waals surface area contributed by atoms with Crippen molar-refractivity contribution in [3.8, 4) is 0 Å². The number of carbonyl (C=O) groups is 2. The summed E-state index contributed by atoms with van der Waals surface area (Å²) in [5, 5.41) is 0. The highest BCUT2D eigenvalue weighted by atomic mass is 19.1. The van der Waals surface area contributed by atoms with Gasteiger partial charge in [0.25, 0.3) is 0 Å². The second-order valence-corrected chi connectivity index (χ2v) is 7.69. The molecule has 1 aromatic carbocycles. The molecule has 2 saturated carbocycles. The Morgan fingerprint density at radius 1 is 0.920 bits per heavy atom. The maximum absolute atomic E-state index is 13.2. The van der Waals surface area contributed by atoms with Crippen LogP contribution in [0.15, 0.2) is 24.3 Å². The van der Waals surface area contributed by atoms with Crippen molar-refractivity contribution in [1.29, 1.82) is 0 Å². The molecule has 0 spiro atoms. The molecule has 2 aliphatic carbocycles. The number of hydrogen-bond acceptors (Lipinski definition) is 2. The fourth-order valence-electron chi connectivity index (χ4n) is 4.38. The normalized spacial score (nSPS) is 22.9. The van der Waals surface area contributed by atoms with Crippen molar-refractivity contribution in [3.63, 3.8) is 0 Å². The number of benzene rings is 1. The lowest BCUT2D eigenvalue weighted by Gasteiger charge is -2.37. The lowest BCUT2D eigenvalue weighted by molar-refractivity contribution is -0.143. The summed E-state index contributed by atoms with van der Waals surface area (Å²) in [6.07, 6.45) is 6.03. The zero-order chi connectivity index (χ0) is 17.4. The molecular formula is C20H25FN2O2. The quantitative estimate of drug-likeness (QED) is 0.846. The van der Waals surface area contributed by atoms with Gasteiger partial charge < -0.3 is 9.80 Å². The van der Waals surface area contributed by atoms with E-state index in [1.54, 1.807) is 12.1 Å². The van der Waals surface area contributed by atoms with Crippen LogP contribution in [0.2, 0.25) is 0 Å². The first-order valence-electron chi connectivity index (χ1n) is 9.44. The summed E-state index contributed by atoms with van der Waals surface area (Å²) in [5.74, 6) is 0.360. The minimum atomic E-state index is -0.453. The SMILES string of the molecule is O=C(C1CCCC1)N1CCN(C(=O)C2(c3ccc(F)cc3)CC2)CC1. The molecule has 1 aromatic rings. The van der Waals surface area contributed by atoms with Gasteiger partial charge in [-0.25, -0.2) is 4.39 Å².